The molecule has 316 valence electrons. The van der Waals surface area contributed by atoms with Crippen LogP contribution >= 0.6 is 11.3 Å². The van der Waals surface area contributed by atoms with Crippen LogP contribution in [-0.4, -0.2) is 19.5 Å². The van der Waals surface area contributed by atoms with E-state index < -0.39 is 0 Å². The van der Waals surface area contributed by atoms with E-state index in [0.29, 0.717) is 17.5 Å². The molecule has 0 unspecified atom stereocenters. The Labute approximate surface area is 391 Å². The van der Waals surface area contributed by atoms with E-state index in [1.807, 2.05) is 59.9 Å². The summed E-state index contributed by atoms with van der Waals surface area (Å²) in [6, 6.07) is 72.7. The molecule has 0 aliphatic heterocycles. The first-order valence-electron chi connectivity index (χ1n) is 22.7. The molecule has 10 aromatic carbocycles. The highest BCUT2D eigenvalue weighted by Crippen LogP contribution is 2.46. The molecule has 0 aliphatic rings. The fourth-order valence-corrected chi connectivity index (χ4v) is 11.8. The zero-order valence-corrected chi connectivity index (χ0v) is 37.0. The number of hydrogen-bond donors (Lipinski definition) is 0. The molecule has 5 aromatic heterocycles. The van der Waals surface area contributed by atoms with Crippen LogP contribution < -0.4 is 0 Å². The lowest BCUT2D eigenvalue weighted by atomic mass is 9.96. The minimum atomic E-state index is 0.517. The first-order chi connectivity index (χ1) is 33.7. The molecule has 0 amide bonds. The average molecular weight is 887 g/mol. The summed E-state index contributed by atoms with van der Waals surface area (Å²) in [5.41, 5.74) is 11.1. The number of benzene rings is 10. The number of para-hydroxylation sites is 4. The maximum Gasteiger partial charge on any atom is 0.167 e. The van der Waals surface area contributed by atoms with Gasteiger partial charge in [-0.25, -0.2) is 15.0 Å². The topological polar surface area (TPSA) is 69.9 Å². The van der Waals surface area contributed by atoms with Gasteiger partial charge >= 0.3 is 0 Å². The Hall–Kier alpha value is -8.91. The zero-order chi connectivity index (χ0) is 44.5. The van der Waals surface area contributed by atoms with Gasteiger partial charge in [0.15, 0.2) is 17.5 Å². The second kappa shape index (κ2) is 14.3. The summed E-state index contributed by atoms with van der Waals surface area (Å²) in [5, 5.41) is 11.3. The Kier molecular flexibility index (Phi) is 7.85. The van der Waals surface area contributed by atoms with Crippen molar-refractivity contribution in [3.05, 3.63) is 206 Å². The van der Waals surface area contributed by atoms with Crippen molar-refractivity contribution >= 4 is 108 Å². The Morgan fingerprint density at radius 2 is 0.956 bits per heavy atom. The van der Waals surface area contributed by atoms with Crippen LogP contribution in [0.15, 0.2) is 215 Å². The number of rotatable bonds is 5. The third-order valence-corrected chi connectivity index (χ3v) is 14.9. The van der Waals surface area contributed by atoms with Gasteiger partial charge in [-0.15, -0.1) is 11.3 Å². The lowest BCUT2D eigenvalue weighted by Gasteiger charge is -2.16. The van der Waals surface area contributed by atoms with Crippen LogP contribution in [0.4, 0.5) is 0 Å². The lowest BCUT2D eigenvalue weighted by molar-refractivity contribution is 0.668. The summed E-state index contributed by atoms with van der Waals surface area (Å²) < 4.78 is 17.9. The highest BCUT2D eigenvalue weighted by molar-refractivity contribution is 7.26. The number of aromatic nitrogens is 4. The van der Waals surface area contributed by atoms with Crippen molar-refractivity contribution in [1.82, 2.24) is 19.5 Å². The summed E-state index contributed by atoms with van der Waals surface area (Å²) >= 11 is 1.82. The van der Waals surface area contributed by atoms with E-state index in [2.05, 4.69) is 162 Å². The zero-order valence-electron chi connectivity index (χ0n) is 36.1. The van der Waals surface area contributed by atoms with Gasteiger partial charge in [0.25, 0.3) is 0 Å². The van der Waals surface area contributed by atoms with Crippen LogP contribution in [0.1, 0.15) is 0 Å². The minimum absolute atomic E-state index is 0.517. The highest BCUT2D eigenvalue weighted by Gasteiger charge is 2.24. The van der Waals surface area contributed by atoms with Gasteiger partial charge in [0.05, 0.1) is 16.6 Å². The van der Waals surface area contributed by atoms with Crippen LogP contribution in [0.25, 0.3) is 148 Å². The first-order valence-corrected chi connectivity index (χ1v) is 23.6. The molecule has 0 spiro atoms. The summed E-state index contributed by atoms with van der Waals surface area (Å²) in [5.74, 6) is 1.61. The second-order valence-corrected chi connectivity index (χ2v) is 18.5. The second-order valence-electron chi connectivity index (χ2n) is 17.4. The molecule has 68 heavy (non-hydrogen) atoms. The third-order valence-electron chi connectivity index (χ3n) is 13.7. The molecular formula is C61H34N4O2S. The van der Waals surface area contributed by atoms with Crippen LogP contribution in [0.2, 0.25) is 0 Å². The summed E-state index contributed by atoms with van der Waals surface area (Å²) in [4.78, 5) is 16.3. The standard InChI is InChI=1S/C61H34N4O2S/c1-2-15-36-33-51-49(32-35(36)14-1)38-16-3-7-25-50(38)65(51)37-30-31-44(48(34-37)43-22-12-21-42-40-18-6-10-29-55(40)68-58(42)43)59-62-60(46-23-13-28-54-56(46)45-19-5-9-27-53(45)66-54)64-61(63-59)47-24-11-20-41-39-17-4-8-26-52(39)67-57(41)47/h1-34H. The molecule has 0 fully saturated rings. The predicted molar refractivity (Wildman–Crippen MR) is 281 cm³/mol. The van der Waals surface area contributed by atoms with Gasteiger partial charge in [0.2, 0.25) is 0 Å². The first kappa shape index (κ1) is 37.3. The van der Waals surface area contributed by atoms with Gasteiger partial charge in [-0.2, -0.15) is 0 Å². The van der Waals surface area contributed by atoms with Gasteiger partial charge in [-0.1, -0.05) is 140 Å². The van der Waals surface area contributed by atoms with Gasteiger partial charge in [0.1, 0.15) is 22.3 Å². The summed E-state index contributed by atoms with van der Waals surface area (Å²) in [6.45, 7) is 0. The van der Waals surface area contributed by atoms with Crippen molar-refractivity contribution in [3.8, 4) is 51.0 Å². The molecule has 15 rings (SSSR count). The monoisotopic (exact) mass is 886 g/mol. The number of nitrogens with zero attached hydrogens (tertiary/aromatic N) is 4. The number of hydrogen-bond acceptors (Lipinski definition) is 6. The quantitative estimate of drug-likeness (QED) is 0.172. The van der Waals surface area contributed by atoms with Crippen molar-refractivity contribution in [2.75, 3.05) is 0 Å². The van der Waals surface area contributed by atoms with Crippen molar-refractivity contribution in [2.24, 2.45) is 0 Å². The Balaban J connectivity index is 1.05. The van der Waals surface area contributed by atoms with E-state index in [4.69, 9.17) is 23.8 Å². The maximum absolute atomic E-state index is 6.65. The smallest absolute Gasteiger partial charge is 0.167 e. The molecule has 0 saturated carbocycles. The largest absolute Gasteiger partial charge is 0.456 e. The molecule has 15 aromatic rings. The number of fused-ring (bicyclic) bond motifs is 13. The predicted octanol–water partition coefficient (Wildman–Crippen LogP) is 17.0. The van der Waals surface area contributed by atoms with Crippen LogP contribution in [0, 0.1) is 0 Å². The Bertz CT molecular complexity index is 4590. The molecule has 5 heterocycles. The molecule has 0 radical (unpaired) electrons. The average Bonchev–Trinajstić information content (AvgIpc) is 4.17. The molecular weight excluding hydrogens is 853 g/mol. The summed E-state index contributed by atoms with van der Waals surface area (Å²) in [6.07, 6.45) is 0. The molecule has 0 aliphatic carbocycles. The van der Waals surface area contributed by atoms with Gasteiger partial charge in [-0.05, 0) is 83.1 Å². The third kappa shape index (κ3) is 5.48. The molecule has 0 N–H and O–H groups in total. The Morgan fingerprint density at radius 3 is 1.81 bits per heavy atom. The fraction of sp³-hybridized carbons (Fsp3) is 0. The fourth-order valence-electron chi connectivity index (χ4n) is 10.6. The minimum Gasteiger partial charge on any atom is -0.456 e. The SMILES string of the molecule is c1ccc2cc3c(cc2c1)c1ccccc1n3-c1ccc(-c2nc(-c3cccc4c3oc3ccccc34)nc(-c3cccc4oc5ccccc5c34)n2)c(-c2cccc3c2sc2ccccc23)c1. The van der Waals surface area contributed by atoms with Gasteiger partial charge in [0, 0.05) is 74.9 Å². The lowest BCUT2D eigenvalue weighted by Crippen LogP contribution is -2.02. The summed E-state index contributed by atoms with van der Waals surface area (Å²) in [7, 11) is 0. The van der Waals surface area contributed by atoms with E-state index in [-0.39, 0.29) is 0 Å². The van der Waals surface area contributed by atoms with Crippen molar-refractivity contribution in [1.29, 1.82) is 0 Å². The van der Waals surface area contributed by atoms with E-state index in [1.165, 1.54) is 41.7 Å². The van der Waals surface area contributed by atoms with E-state index in [1.54, 1.807) is 0 Å². The van der Waals surface area contributed by atoms with Gasteiger partial charge in [-0.3, -0.25) is 0 Å². The van der Waals surface area contributed by atoms with Crippen LogP contribution in [-0.2, 0) is 0 Å². The van der Waals surface area contributed by atoms with Crippen LogP contribution in [0.3, 0.4) is 0 Å². The molecule has 0 saturated heterocycles. The van der Waals surface area contributed by atoms with Crippen molar-refractivity contribution < 1.29 is 8.83 Å². The van der Waals surface area contributed by atoms with Crippen molar-refractivity contribution in [3.63, 3.8) is 0 Å². The molecule has 6 nitrogen and oxygen atoms in total. The van der Waals surface area contributed by atoms with E-state index in [9.17, 15) is 0 Å². The Morgan fingerprint density at radius 1 is 0.353 bits per heavy atom. The molecule has 0 bridgehead atoms. The van der Waals surface area contributed by atoms with Crippen molar-refractivity contribution in [2.45, 2.75) is 0 Å². The van der Waals surface area contributed by atoms with Gasteiger partial charge < -0.3 is 13.4 Å². The maximum atomic E-state index is 6.65. The molecule has 0 atom stereocenters. The van der Waals surface area contributed by atoms with E-state index in [0.717, 1.165) is 88.4 Å². The molecule has 7 heteroatoms. The highest BCUT2D eigenvalue weighted by atomic mass is 32.1. The number of thiophene rings is 1. The van der Waals surface area contributed by atoms with E-state index >= 15 is 0 Å². The van der Waals surface area contributed by atoms with Crippen LogP contribution in [0.5, 0.6) is 0 Å². The number of furan rings is 2. The normalized spacial score (nSPS) is 12.1.